The smallest absolute Gasteiger partial charge is 0.274 e. The van der Waals surface area contributed by atoms with Crippen molar-refractivity contribution in [3.05, 3.63) is 58.6 Å². The highest BCUT2D eigenvalue weighted by Gasteiger charge is 2.23. The molecule has 2 N–H and O–H groups in total. The summed E-state index contributed by atoms with van der Waals surface area (Å²) in [5.74, 6) is 0.0682. The molecule has 1 fully saturated rings. The average Bonchev–Trinajstić information content (AvgIpc) is 3.22. The van der Waals surface area contributed by atoms with Gasteiger partial charge in [-0.05, 0) is 18.6 Å². The van der Waals surface area contributed by atoms with Gasteiger partial charge in [0.05, 0.1) is 12.1 Å². The number of pyridine rings is 1. The molecule has 1 saturated heterocycles. The SMILES string of the molecule is O=C(Nc1cc[nH]c(=O)c1)c1c2ccccc2nn1CC1CCOC1. The minimum Gasteiger partial charge on any atom is -0.381 e. The van der Waals surface area contributed by atoms with E-state index in [0.29, 0.717) is 30.5 Å². The van der Waals surface area contributed by atoms with Crippen LogP contribution in [-0.4, -0.2) is 33.9 Å². The van der Waals surface area contributed by atoms with Gasteiger partial charge in [-0.25, -0.2) is 0 Å². The maximum atomic E-state index is 12.9. The van der Waals surface area contributed by atoms with Crippen molar-refractivity contribution in [2.75, 3.05) is 18.5 Å². The molecule has 7 heteroatoms. The Hall–Kier alpha value is -2.93. The second kappa shape index (κ2) is 6.52. The number of ether oxygens (including phenoxy) is 1. The number of aromatic nitrogens is 3. The maximum Gasteiger partial charge on any atom is 0.274 e. The zero-order valence-electron chi connectivity index (χ0n) is 13.6. The number of fused-ring (bicyclic) bond motifs is 1. The normalized spacial score (nSPS) is 17.0. The molecule has 3 heterocycles. The fourth-order valence-electron chi connectivity index (χ4n) is 3.14. The summed E-state index contributed by atoms with van der Waals surface area (Å²) >= 11 is 0. The van der Waals surface area contributed by atoms with Gasteiger partial charge in [-0.3, -0.25) is 14.3 Å². The Balaban J connectivity index is 1.70. The van der Waals surface area contributed by atoms with Gasteiger partial charge < -0.3 is 15.0 Å². The van der Waals surface area contributed by atoms with Gasteiger partial charge in [-0.1, -0.05) is 18.2 Å². The number of hydrogen-bond donors (Lipinski definition) is 2. The molecule has 1 aliphatic rings. The Bertz CT molecular complexity index is 970. The first kappa shape index (κ1) is 15.6. The van der Waals surface area contributed by atoms with E-state index in [1.54, 1.807) is 10.7 Å². The molecule has 2 aromatic heterocycles. The van der Waals surface area contributed by atoms with Gasteiger partial charge in [0.15, 0.2) is 0 Å². The standard InChI is InChI=1S/C18H18N4O3/c23-16-9-13(5-7-19-16)20-18(24)17-14-3-1-2-4-15(14)21-22(17)10-12-6-8-25-11-12/h1-5,7,9,12H,6,8,10-11H2,(H2,19,20,23,24). The minimum atomic E-state index is -0.279. The van der Waals surface area contributed by atoms with Crippen molar-refractivity contribution in [2.24, 2.45) is 5.92 Å². The molecule has 3 aromatic rings. The van der Waals surface area contributed by atoms with Crippen LogP contribution >= 0.6 is 0 Å². The van der Waals surface area contributed by atoms with E-state index < -0.39 is 0 Å². The van der Waals surface area contributed by atoms with E-state index in [1.165, 1.54) is 12.3 Å². The quantitative estimate of drug-likeness (QED) is 0.761. The number of H-pyrrole nitrogens is 1. The van der Waals surface area contributed by atoms with E-state index in [-0.39, 0.29) is 11.5 Å². The van der Waals surface area contributed by atoms with Crippen molar-refractivity contribution in [3.63, 3.8) is 0 Å². The van der Waals surface area contributed by atoms with E-state index in [4.69, 9.17) is 4.74 Å². The lowest BCUT2D eigenvalue weighted by Crippen LogP contribution is -2.22. The summed E-state index contributed by atoms with van der Waals surface area (Å²) in [6.07, 6.45) is 2.47. The summed E-state index contributed by atoms with van der Waals surface area (Å²) in [5.41, 5.74) is 1.47. The Morgan fingerprint density at radius 1 is 1.36 bits per heavy atom. The molecule has 128 valence electrons. The molecular formula is C18H18N4O3. The molecule has 7 nitrogen and oxygen atoms in total. The van der Waals surface area contributed by atoms with Crippen LogP contribution < -0.4 is 10.9 Å². The largest absolute Gasteiger partial charge is 0.381 e. The molecule has 1 aliphatic heterocycles. The first-order chi connectivity index (χ1) is 12.2. The van der Waals surface area contributed by atoms with E-state index in [1.807, 2.05) is 24.3 Å². The van der Waals surface area contributed by atoms with Crippen LogP contribution in [0.15, 0.2) is 47.4 Å². The van der Waals surface area contributed by atoms with Crippen LogP contribution in [0.25, 0.3) is 10.9 Å². The van der Waals surface area contributed by atoms with E-state index in [0.717, 1.165) is 23.9 Å². The van der Waals surface area contributed by atoms with Crippen LogP contribution in [0.4, 0.5) is 5.69 Å². The lowest BCUT2D eigenvalue weighted by atomic mass is 10.1. The number of carbonyl (C=O) groups is 1. The zero-order valence-corrected chi connectivity index (χ0v) is 13.6. The Morgan fingerprint density at radius 2 is 2.24 bits per heavy atom. The van der Waals surface area contributed by atoms with Crippen molar-refractivity contribution in [2.45, 2.75) is 13.0 Å². The van der Waals surface area contributed by atoms with E-state index in [9.17, 15) is 9.59 Å². The summed E-state index contributed by atoms with van der Waals surface area (Å²) in [5, 5.41) is 8.18. The lowest BCUT2D eigenvalue weighted by molar-refractivity contribution is 0.101. The van der Waals surface area contributed by atoms with E-state index in [2.05, 4.69) is 15.4 Å². The topological polar surface area (TPSA) is 89.0 Å². The molecule has 1 amide bonds. The number of anilines is 1. The Kier molecular flexibility index (Phi) is 4.07. The molecule has 1 unspecified atom stereocenters. The first-order valence-electron chi connectivity index (χ1n) is 8.24. The third-order valence-electron chi connectivity index (χ3n) is 4.35. The fraction of sp³-hybridized carbons (Fsp3) is 0.278. The molecule has 4 rings (SSSR count). The highest BCUT2D eigenvalue weighted by atomic mass is 16.5. The molecule has 0 saturated carbocycles. The summed E-state index contributed by atoms with van der Waals surface area (Å²) < 4.78 is 7.19. The van der Waals surface area contributed by atoms with Crippen molar-refractivity contribution in [1.29, 1.82) is 0 Å². The van der Waals surface area contributed by atoms with Crippen molar-refractivity contribution < 1.29 is 9.53 Å². The predicted octanol–water partition coefficient (Wildman–Crippen LogP) is 2.01. The number of benzene rings is 1. The second-order valence-electron chi connectivity index (χ2n) is 6.17. The van der Waals surface area contributed by atoms with Gasteiger partial charge >= 0.3 is 0 Å². The number of amides is 1. The zero-order chi connectivity index (χ0) is 17.2. The van der Waals surface area contributed by atoms with Gasteiger partial charge in [-0.15, -0.1) is 0 Å². The number of carbonyl (C=O) groups excluding carboxylic acids is 1. The number of rotatable bonds is 4. The lowest BCUT2D eigenvalue weighted by Gasteiger charge is -2.12. The average molecular weight is 338 g/mol. The minimum absolute atomic E-state index is 0.265. The third kappa shape index (κ3) is 3.18. The predicted molar refractivity (Wildman–Crippen MR) is 93.7 cm³/mol. The molecule has 1 atom stereocenters. The third-order valence-corrected chi connectivity index (χ3v) is 4.35. The second-order valence-corrected chi connectivity index (χ2v) is 6.17. The van der Waals surface area contributed by atoms with Gasteiger partial charge in [-0.2, -0.15) is 5.10 Å². The summed E-state index contributed by atoms with van der Waals surface area (Å²) in [6.45, 7) is 2.07. The molecule has 0 aliphatic carbocycles. The van der Waals surface area contributed by atoms with Crippen LogP contribution in [0.5, 0.6) is 0 Å². The summed E-state index contributed by atoms with van der Waals surface area (Å²) in [7, 11) is 0. The van der Waals surface area contributed by atoms with Gasteiger partial charge in [0.25, 0.3) is 5.91 Å². The molecular weight excluding hydrogens is 320 g/mol. The number of nitrogens with one attached hydrogen (secondary N) is 2. The van der Waals surface area contributed by atoms with Crippen molar-refractivity contribution >= 4 is 22.5 Å². The molecule has 1 aromatic carbocycles. The van der Waals surface area contributed by atoms with Crippen LogP contribution in [0, 0.1) is 5.92 Å². The molecule has 0 radical (unpaired) electrons. The summed E-state index contributed by atoms with van der Waals surface area (Å²) in [6, 6.07) is 10.6. The van der Waals surface area contributed by atoms with Crippen molar-refractivity contribution in [3.8, 4) is 0 Å². The maximum absolute atomic E-state index is 12.9. The monoisotopic (exact) mass is 338 g/mol. The fourth-order valence-corrected chi connectivity index (χ4v) is 3.14. The van der Waals surface area contributed by atoms with Crippen LogP contribution in [-0.2, 0) is 11.3 Å². The molecule has 0 bridgehead atoms. The highest BCUT2D eigenvalue weighted by molar-refractivity contribution is 6.11. The van der Waals surface area contributed by atoms with E-state index >= 15 is 0 Å². The van der Waals surface area contributed by atoms with Gasteiger partial charge in [0.2, 0.25) is 5.56 Å². The van der Waals surface area contributed by atoms with Crippen molar-refractivity contribution in [1.82, 2.24) is 14.8 Å². The first-order valence-corrected chi connectivity index (χ1v) is 8.24. The molecule has 0 spiro atoms. The Morgan fingerprint density at radius 3 is 3.04 bits per heavy atom. The number of hydrogen-bond acceptors (Lipinski definition) is 4. The highest BCUT2D eigenvalue weighted by Crippen LogP contribution is 2.22. The van der Waals surface area contributed by atoms with Gasteiger partial charge in [0, 0.05) is 42.4 Å². The number of nitrogens with zero attached hydrogens (tertiary/aromatic N) is 2. The van der Waals surface area contributed by atoms with Crippen LogP contribution in [0.1, 0.15) is 16.9 Å². The van der Waals surface area contributed by atoms with Crippen LogP contribution in [0.3, 0.4) is 0 Å². The summed E-state index contributed by atoms with van der Waals surface area (Å²) in [4.78, 5) is 26.8. The van der Waals surface area contributed by atoms with Crippen LogP contribution in [0.2, 0.25) is 0 Å². The van der Waals surface area contributed by atoms with Gasteiger partial charge in [0.1, 0.15) is 5.69 Å². The Labute approximate surface area is 143 Å². The molecule has 25 heavy (non-hydrogen) atoms. The number of aromatic amines is 1.